The number of rotatable bonds is 1. The predicted molar refractivity (Wildman–Crippen MR) is 54.3 cm³/mol. The number of ether oxygens (including phenoxy) is 1. The molecular formula is C11H13NO. The van der Waals surface area contributed by atoms with Crippen molar-refractivity contribution in [1.82, 2.24) is 4.98 Å². The zero-order valence-corrected chi connectivity index (χ0v) is 8.14. The van der Waals surface area contributed by atoms with Gasteiger partial charge < -0.3 is 9.72 Å². The van der Waals surface area contributed by atoms with Gasteiger partial charge in [-0.1, -0.05) is 0 Å². The largest absolute Gasteiger partial charge is 0.496 e. The van der Waals surface area contributed by atoms with Crippen LogP contribution in [0.4, 0.5) is 0 Å². The minimum Gasteiger partial charge on any atom is -0.496 e. The molecule has 0 aliphatic rings. The van der Waals surface area contributed by atoms with Crippen molar-refractivity contribution in [2.24, 2.45) is 0 Å². The van der Waals surface area contributed by atoms with Crippen LogP contribution >= 0.6 is 0 Å². The number of methoxy groups -OCH3 is 1. The SMILES string of the molecule is COc1cc2cc(C)[nH]c2cc1C. The first-order valence-corrected chi connectivity index (χ1v) is 4.34. The molecule has 0 atom stereocenters. The lowest BCUT2D eigenvalue weighted by molar-refractivity contribution is 0.412. The van der Waals surface area contributed by atoms with E-state index in [1.807, 2.05) is 0 Å². The molecule has 0 bridgehead atoms. The van der Waals surface area contributed by atoms with Crippen molar-refractivity contribution in [3.63, 3.8) is 0 Å². The van der Waals surface area contributed by atoms with E-state index in [4.69, 9.17) is 4.74 Å². The number of aryl methyl sites for hydroxylation is 2. The number of hydrogen-bond acceptors (Lipinski definition) is 1. The summed E-state index contributed by atoms with van der Waals surface area (Å²) in [6, 6.07) is 6.30. The van der Waals surface area contributed by atoms with E-state index in [0.717, 1.165) is 11.3 Å². The Balaban J connectivity index is 2.72. The quantitative estimate of drug-likeness (QED) is 0.708. The first-order valence-electron chi connectivity index (χ1n) is 4.34. The molecule has 0 fully saturated rings. The fraction of sp³-hybridized carbons (Fsp3) is 0.273. The van der Waals surface area contributed by atoms with Gasteiger partial charge in [-0.2, -0.15) is 0 Å². The normalized spacial score (nSPS) is 10.7. The molecule has 0 amide bonds. The summed E-state index contributed by atoms with van der Waals surface area (Å²) in [6.45, 7) is 4.11. The van der Waals surface area contributed by atoms with Crippen LogP contribution < -0.4 is 4.74 Å². The molecule has 1 aromatic carbocycles. The van der Waals surface area contributed by atoms with Crippen LogP contribution in [-0.2, 0) is 0 Å². The van der Waals surface area contributed by atoms with Crippen LogP contribution in [0.3, 0.4) is 0 Å². The smallest absolute Gasteiger partial charge is 0.122 e. The van der Waals surface area contributed by atoms with Gasteiger partial charge in [0.25, 0.3) is 0 Å². The molecule has 1 heterocycles. The minimum absolute atomic E-state index is 0.950. The Labute approximate surface area is 77.5 Å². The van der Waals surface area contributed by atoms with Gasteiger partial charge in [-0.05, 0) is 37.6 Å². The number of hydrogen-bond donors (Lipinski definition) is 1. The van der Waals surface area contributed by atoms with E-state index >= 15 is 0 Å². The van der Waals surface area contributed by atoms with E-state index in [0.29, 0.717) is 0 Å². The molecule has 68 valence electrons. The Bertz CT molecular complexity index is 443. The monoisotopic (exact) mass is 175 g/mol. The maximum absolute atomic E-state index is 5.25. The average Bonchev–Trinajstić information content (AvgIpc) is 2.42. The van der Waals surface area contributed by atoms with Crippen LogP contribution in [-0.4, -0.2) is 12.1 Å². The van der Waals surface area contributed by atoms with Crippen molar-refractivity contribution >= 4 is 10.9 Å². The lowest BCUT2D eigenvalue weighted by atomic mass is 10.1. The second kappa shape index (κ2) is 2.80. The van der Waals surface area contributed by atoms with E-state index in [2.05, 4.69) is 37.0 Å². The van der Waals surface area contributed by atoms with Crippen LogP contribution in [0, 0.1) is 13.8 Å². The number of aromatic amines is 1. The Morgan fingerprint density at radius 1 is 1.15 bits per heavy atom. The fourth-order valence-electron chi connectivity index (χ4n) is 1.63. The van der Waals surface area contributed by atoms with Crippen molar-refractivity contribution in [1.29, 1.82) is 0 Å². The molecule has 2 nitrogen and oxygen atoms in total. The standard InChI is InChI=1S/C11H13NO/c1-7-4-10-9(5-8(2)12-10)6-11(7)13-3/h4-6,12H,1-3H3. The summed E-state index contributed by atoms with van der Waals surface area (Å²) in [6.07, 6.45) is 0. The van der Waals surface area contributed by atoms with Crippen molar-refractivity contribution in [3.05, 3.63) is 29.5 Å². The van der Waals surface area contributed by atoms with Gasteiger partial charge >= 0.3 is 0 Å². The molecule has 1 aromatic heterocycles. The van der Waals surface area contributed by atoms with Crippen LogP contribution in [0.2, 0.25) is 0 Å². The minimum atomic E-state index is 0.950. The number of nitrogens with one attached hydrogen (secondary N) is 1. The molecule has 2 heteroatoms. The number of benzene rings is 1. The zero-order chi connectivity index (χ0) is 9.42. The molecule has 0 spiro atoms. The molecule has 0 radical (unpaired) electrons. The lowest BCUT2D eigenvalue weighted by Crippen LogP contribution is -1.86. The van der Waals surface area contributed by atoms with Gasteiger partial charge in [0.2, 0.25) is 0 Å². The van der Waals surface area contributed by atoms with E-state index in [-0.39, 0.29) is 0 Å². The van der Waals surface area contributed by atoms with Crippen LogP contribution in [0.1, 0.15) is 11.3 Å². The highest BCUT2D eigenvalue weighted by molar-refractivity contribution is 5.83. The van der Waals surface area contributed by atoms with Gasteiger partial charge in [0.05, 0.1) is 7.11 Å². The molecule has 13 heavy (non-hydrogen) atoms. The molecule has 2 aromatic rings. The maximum atomic E-state index is 5.25. The van der Waals surface area contributed by atoms with Crippen molar-refractivity contribution in [2.75, 3.05) is 7.11 Å². The third-order valence-electron chi connectivity index (χ3n) is 2.27. The van der Waals surface area contributed by atoms with E-state index in [1.165, 1.54) is 16.6 Å². The Morgan fingerprint density at radius 2 is 1.92 bits per heavy atom. The van der Waals surface area contributed by atoms with Crippen LogP contribution in [0.5, 0.6) is 5.75 Å². The van der Waals surface area contributed by atoms with Crippen LogP contribution in [0.15, 0.2) is 18.2 Å². The van der Waals surface area contributed by atoms with Gasteiger partial charge in [-0.3, -0.25) is 0 Å². The molecule has 0 aliphatic carbocycles. The highest BCUT2D eigenvalue weighted by Crippen LogP contribution is 2.25. The molecule has 0 saturated carbocycles. The summed E-state index contributed by atoms with van der Waals surface area (Å²) < 4.78 is 5.25. The topological polar surface area (TPSA) is 25.0 Å². The first-order chi connectivity index (χ1) is 6.20. The van der Waals surface area contributed by atoms with Crippen LogP contribution in [0.25, 0.3) is 10.9 Å². The van der Waals surface area contributed by atoms with E-state index < -0.39 is 0 Å². The Morgan fingerprint density at radius 3 is 2.62 bits per heavy atom. The van der Waals surface area contributed by atoms with Crippen molar-refractivity contribution in [3.8, 4) is 5.75 Å². The van der Waals surface area contributed by atoms with Gasteiger partial charge in [0.1, 0.15) is 5.75 Å². The summed E-state index contributed by atoms with van der Waals surface area (Å²) in [5.74, 6) is 0.950. The number of aromatic nitrogens is 1. The molecular weight excluding hydrogens is 162 g/mol. The highest BCUT2D eigenvalue weighted by Gasteiger charge is 2.02. The van der Waals surface area contributed by atoms with E-state index in [9.17, 15) is 0 Å². The van der Waals surface area contributed by atoms with Gasteiger partial charge in [0, 0.05) is 16.6 Å². The molecule has 0 unspecified atom stereocenters. The zero-order valence-electron chi connectivity index (χ0n) is 8.14. The molecule has 1 N–H and O–H groups in total. The second-order valence-electron chi connectivity index (χ2n) is 3.36. The van der Waals surface area contributed by atoms with Gasteiger partial charge in [-0.25, -0.2) is 0 Å². The van der Waals surface area contributed by atoms with Crippen molar-refractivity contribution < 1.29 is 4.74 Å². The summed E-state index contributed by atoms with van der Waals surface area (Å²) in [7, 11) is 1.70. The predicted octanol–water partition coefficient (Wildman–Crippen LogP) is 2.79. The summed E-state index contributed by atoms with van der Waals surface area (Å²) >= 11 is 0. The van der Waals surface area contributed by atoms with Gasteiger partial charge in [0.15, 0.2) is 0 Å². The number of H-pyrrole nitrogens is 1. The molecule has 2 rings (SSSR count). The molecule has 0 saturated heterocycles. The average molecular weight is 175 g/mol. The van der Waals surface area contributed by atoms with Crippen molar-refractivity contribution in [2.45, 2.75) is 13.8 Å². The maximum Gasteiger partial charge on any atom is 0.122 e. The molecule has 0 aliphatic heterocycles. The third-order valence-corrected chi connectivity index (χ3v) is 2.27. The Kier molecular flexibility index (Phi) is 1.76. The number of fused-ring (bicyclic) bond motifs is 1. The first kappa shape index (κ1) is 8.17. The second-order valence-corrected chi connectivity index (χ2v) is 3.36. The third kappa shape index (κ3) is 1.28. The van der Waals surface area contributed by atoms with Gasteiger partial charge in [-0.15, -0.1) is 0 Å². The fourth-order valence-corrected chi connectivity index (χ4v) is 1.63. The summed E-state index contributed by atoms with van der Waals surface area (Å²) in [5.41, 5.74) is 3.52. The Hall–Kier alpha value is -1.44. The lowest BCUT2D eigenvalue weighted by Gasteiger charge is -2.03. The summed E-state index contributed by atoms with van der Waals surface area (Å²) in [4.78, 5) is 3.30. The summed E-state index contributed by atoms with van der Waals surface area (Å²) in [5, 5.41) is 1.21. The van der Waals surface area contributed by atoms with E-state index in [1.54, 1.807) is 7.11 Å². The highest BCUT2D eigenvalue weighted by atomic mass is 16.5.